The van der Waals surface area contributed by atoms with Crippen molar-refractivity contribution in [2.75, 3.05) is 0 Å². The Kier molecular flexibility index (Phi) is 5.16. The van der Waals surface area contributed by atoms with Crippen LogP contribution in [-0.4, -0.2) is 5.91 Å². The zero-order valence-corrected chi connectivity index (χ0v) is 12.0. The van der Waals surface area contributed by atoms with Gasteiger partial charge in [-0.2, -0.15) is 0 Å². The van der Waals surface area contributed by atoms with Crippen LogP contribution in [0, 0.1) is 0 Å². The molecule has 100 valence electrons. The van der Waals surface area contributed by atoms with Crippen LogP contribution in [0.5, 0.6) is 0 Å². The van der Waals surface area contributed by atoms with Gasteiger partial charge in [-0.3, -0.25) is 4.79 Å². The molecule has 2 rings (SSSR count). The molecule has 0 unspecified atom stereocenters. The third kappa shape index (κ3) is 4.52. The molecule has 19 heavy (non-hydrogen) atoms. The van der Waals surface area contributed by atoms with E-state index in [0.717, 1.165) is 12.8 Å². The molecular formula is C16H19NOS. The summed E-state index contributed by atoms with van der Waals surface area (Å²) < 4.78 is 0. The number of rotatable bonds is 6. The Labute approximate surface area is 118 Å². The third-order valence-electron chi connectivity index (χ3n) is 3.11. The quantitative estimate of drug-likeness (QED) is 0.856. The van der Waals surface area contributed by atoms with Crippen LogP contribution < -0.4 is 5.32 Å². The maximum atomic E-state index is 11.7. The highest BCUT2D eigenvalue weighted by Gasteiger charge is 2.03. The number of benzene rings is 1. The van der Waals surface area contributed by atoms with Crippen LogP contribution in [0.25, 0.3) is 0 Å². The first kappa shape index (κ1) is 13.8. The lowest BCUT2D eigenvalue weighted by atomic mass is 10.1. The first-order chi connectivity index (χ1) is 9.28. The van der Waals surface area contributed by atoms with Crippen LogP contribution in [0.2, 0.25) is 0 Å². The van der Waals surface area contributed by atoms with E-state index in [9.17, 15) is 4.79 Å². The Morgan fingerprint density at radius 2 is 1.89 bits per heavy atom. The fraction of sp³-hybridized carbons (Fsp3) is 0.312. The first-order valence-electron chi connectivity index (χ1n) is 6.65. The van der Waals surface area contributed by atoms with Gasteiger partial charge in [-0.05, 0) is 35.4 Å². The summed E-state index contributed by atoms with van der Waals surface area (Å²) in [6, 6.07) is 12.5. The van der Waals surface area contributed by atoms with Crippen LogP contribution in [-0.2, 0) is 24.2 Å². The average Bonchev–Trinajstić information content (AvgIpc) is 2.96. The maximum absolute atomic E-state index is 11.7. The third-order valence-corrected chi connectivity index (χ3v) is 3.99. The highest BCUT2D eigenvalue weighted by molar-refractivity contribution is 7.09. The molecule has 3 heteroatoms. The van der Waals surface area contributed by atoms with E-state index in [0.29, 0.717) is 13.0 Å². The Morgan fingerprint density at radius 3 is 2.53 bits per heavy atom. The molecule has 0 aliphatic carbocycles. The second kappa shape index (κ2) is 7.10. The molecule has 0 atom stereocenters. The SMILES string of the molecule is CCc1ccc(CCC(=O)NCc2cccs2)cc1. The van der Waals surface area contributed by atoms with Gasteiger partial charge in [0.2, 0.25) is 5.91 Å². The van der Waals surface area contributed by atoms with E-state index in [-0.39, 0.29) is 5.91 Å². The van der Waals surface area contributed by atoms with Crippen molar-refractivity contribution in [1.82, 2.24) is 5.32 Å². The lowest BCUT2D eigenvalue weighted by molar-refractivity contribution is -0.121. The number of nitrogens with one attached hydrogen (secondary N) is 1. The van der Waals surface area contributed by atoms with Crippen molar-refractivity contribution in [1.29, 1.82) is 0 Å². The van der Waals surface area contributed by atoms with Crippen molar-refractivity contribution in [3.05, 3.63) is 57.8 Å². The van der Waals surface area contributed by atoms with Crippen molar-refractivity contribution in [3.63, 3.8) is 0 Å². The highest BCUT2D eigenvalue weighted by atomic mass is 32.1. The number of carbonyl (C=O) groups excluding carboxylic acids is 1. The fourth-order valence-corrected chi connectivity index (χ4v) is 2.53. The summed E-state index contributed by atoms with van der Waals surface area (Å²) >= 11 is 1.67. The summed E-state index contributed by atoms with van der Waals surface area (Å²) in [5, 5.41) is 4.97. The number of carbonyl (C=O) groups is 1. The van der Waals surface area contributed by atoms with E-state index >= 15 is 0 Å². The zero-order valence-electron chi connectivity index (χ0n) is 11.2. The minimum Gasteiger partial charge on any atom is -0.351 e. The lowest BCUT2D eigenvalue weighted by Gasteiger charge is -2.05. The van der Waals surface area contributed by atoms with Crippen LogP contribution in [0.4, 0.5) is 0 Å². The molecule has 0 aliphatic rings. The van der Waals surface area contributed by atoms with E-state index in [1.54, 1.807) is 11.3 Å². The van der Waals surface area contributed by atoms with Crippen molar-refractivity contribution >= 4 is 17.2 Å². The minimum atomic E-state index is 0.118. The summed E-state index contributed by atoms with van der Waals surface area (Å²) in [4.78, 5) is 12.9. The second-order valence-electron chi connectivity index (χ2n) is 4.53. The number of hydrogen-bond donors (Lipinski definition) is 1. The first-order valence-corrected chi connectivity index (χ1v) is 7.53. The van der Waals surface area contributed by atoms with Gasteiger partial charge in [0.05, 0.1) is 6.54 Å². The van der Waals surface area contributed by atoms with E-state index in [1.165, 1.54) is 16.0 Å². The number of aryl methyl sites for hydroxylation is 2. The molecule has 0 radical (unpaired) electrons. The van der Waals surface area contributed by atoms with Gasteiger partial charge in [-0.25, -0.2) is 0 Å². The molecule has 1 heterocycles. The topological polar surface area (TPSA) is 29.1 Å². The fourth-order valence-electron chi connectivity index (χ4n) is 1.89. The predicted molar refractivity (Wildman–Crippen MR) is 80.3 cm³/mol. The summed E-state index contributed by atoms with van der Waals surface area (Å²) in [6.07, 6.45) is 2.42. The zero-order chi connectivity index (χ0) is 13.5. The summed E-state index contributed by atoms with van der Waals surface area (Å²) in [7, 11) is 0. The standard InChI is InChI=1S/C16H19NOS/c1-2-13-5-7-14(8-6-13)9-10-16(18)17-12-15-4-3-11-19-15/h3-8,11H,2,9-10,12H2,1H3,(H,17,18). The summed E-state index contributed by atoms with van der Waals surface area (Å²) in [6.45, 7) is 2.79. The molecule has 1 amide bonds. The molecule has 0 bridgehead atoms. The lowest BCUT2D eigenvalue weighted by Crippen LogP contribution is -2.22. The van der Waals surface area contributed by atoms with Crippen LogP contribution >= 0.6 is 11.3 Å². The highest BCUT2D eigenvalue weighted by Crippen LogP contribution is 2.09. The summed E-state index contributed by atoms with van der Waals surface area (Å²) in [5.74, 6) is 0.118. The average molecular weight is 273 g/mol. The largest absolute Gasteiger partial charge is 0.351 e. The maximum Gasteiger partial charge on any atom is 0.220 e. The van der Waals surface area contributed by atoms with Crippen LogP contribution in [0.3, 0.4) is 0 Å². The summed E-state index contributed by atoms with van der Waals surface area (Å²) in [5.41, 5.74) is 2.56. The number of amides is 1. The Balaban J connectivity index is 1.73. The molecular weight excluding hydrogens is 254 g/mol. The van der Waals surface area contributed by atoms with Gasteiger partial charge in [-0.15, -0.1) is 11.3 Å². The van der Waals surface area contributed by atoms with E-state index in [1.807, 2.05) is 17.5 Å². The smallest absolute Gasteiger partial charge is 0.220 e. The van der Waals surface area contributed by atoms with Gasteiger partial charge in [-0.1, -0.05) is 37.3 Å². The molecule has 0 spiro atoms. The Hall–Kier alpha value is -1.61. The van der Waals surface area contributed by atoms with E-state index in [2.05, 4.69) is 36.5 Å². The normalized spacial score (nSPS) is 10.4. The monoisotopic (exact) mass is 273 g/mol. The predicted octanol–water partition coefficient (Wildman–Crippen LogP) is 3.56. The number of hydrogen-bond acceptors (Lipinski definition) is 2. The molecule has 1 N–H and O–H groups in total. The van der Waals surface area contributed by atoms with Gasteiger partial charge in [0, 0.05) is 11.3 Å². The molecule has 0 saturated heterocycles. The molecule has 0 fully saturated rings. The number of thiophene rings is 1. The van der Waals surface area contributed by atoms with Gasteiger partial charge >= 0.3 is 0 Å². The molecule has 1 aromatic heterocycles. The second-order valence-corrected chi connectivity index (χ2v) is 5.56. The Morgan fingerprint density at radius 1 is 1.16 bits per heavy atom. The molecule has 2 aromatic rings. The minimum absolute atomic E-state index is 0.118. The Bertz CT molecular complexity index is 502. The van der Waals surface area contributed by atoms with Crippen molar-refractivity contribution in [2.24, 2.45) is 0 Å². The van der Waals surface area contributed by atoms with Crippen molar-refractivity contribution in [3.8, 4) is 0 Å². The van der Waals surface area contributed by atoms with Crippen LogP contribution in [0.1, 0.15) is 29.3 Å². The van der Waals surface area contributed by atoms with Crippen molar-refractivity contribution < 1.29 is 4.79 Å². The molecule has 2 nitrogen and oxygen atoms in total. The van der Waals surface area contributed by atoms with E-state index in [4.69, 9.17) is 0 Å². The molecule has 0 aliphatic heterocycles. The van der Waals surface area contributed by atoms with Gasteiger partial charge < -0.3 is 5.32 Å². The van der Waals surface area contributed by atoms with Gasteiger partial charge in [0.1, 0.15) is 0 Å². The molecule has 0 saturated carbocycles. The van der Waals surface area contributed by atoms with Gasteiger partial charge in [0.25, 0.3) is 0 Å². The van der Waals surface area contributed by atoms with E-state index < -0.39 is 0 Å². The van der Waals surface area contributed by atoms with Crippen LogP contribution in [0.15, 0.2) is 41.8 Å². The molecule has 1 aromatic carbocycles. The van der Waals surface area contributed by atoms with Gasteiger partial charge in [0.15, 0.2) is 0 Å². The van der Waals surface area contributed by atoms with Crippen molar-refractivity contribution in [2.45, 2.75) is 32.7 Å².